The van der Waals surface area contributed by atoms with Crippen molar-refractivity contribution in [1.29, 1.82) is 0 Å². The minimum Gasteiger partial charge on any atom is -0.495 e. The summed E-state index contributed by atoms with van der Waals surface area (Å²) in [6.07, 6.45) is 1.67. The highest BCUT2D eigenvalue weighted by Crippen LogP contribution is 2.30. The topological polar surface area (TPSA) is 96.0 Å². The van der Waals surface area contributed by atoms with Crippen molar-refractivity contribution in [3.05, 3.63) is 58.9 Å². The fraction of sp³-hybridized carbons (Fsp3) is 0.417. The molecule has 0 heterocycles. The van der Waals surface area contributed by atoms with Gasteiger partial charge >= 0.3 is 0 Å². The molecule has 2 rings (SSSR count). The van der Waals surface area contributed by atoms with E-state index in [4.69, 9.17) is 16.3 Å². The number of hydrogen-bond acceptors (Lipinski definition) is 5. The van der Waals surface area contributed by atoms with E-state index in [1.165, 1.54) is 54.5 Å². The molecule has 2 aromatic rings. The van der Waals surface area contributed by atoms with E-state index in [-0.39, 0.29) is 29.2 Å². The first-order valence-electron chi connectivity index (χ1n) is 11.0. The number of halogens is 2. The van der Waals surface area contributed by atoms with E-state index in [1.807, 2.05) is 13.8 Å². The molecule has 2 amide bonds. The van der Waals surface area contributed by atoms with Crippen LogP contribution in [0, 0.1) is 5.82 Å². The van der Waals surface area contributed by atoms with Gasteiger partial charge in [-0.05, 0) is 56.2 Å². The second-order valence-corrected chi connectivity index (χ2v) is 10.5. The van der Waals surface area contributed by atoms with Crippen LogP contribution in [0.4, 0.5) is 10.1 Å². The van der Waals surface area contributed by atoms with E-state index in [2.05, 4.69) is 5.32 Å². The van der Waals surface area contributed by atoms with Crippen molar-refractivity contribution in [1.82, 2.24) is 10.2 Å². The van der Waals surface area contributed by atoms with E-state index in [0.717, 1.165) is 10.6 Å². The SMILES string of the molecule is CC[C@@H](C)NC(=O)[C@@H](C)N(Cc1ccc(F)cc1)C(=O)CN(c1ccc(OC)c(Cl)c1)S(C)(=O)=O. The Bertz CT molecular complexity index is 1140. The van der Waals surface area contributed by atoms with Gasteiger partial charge < -0.3 is 15.0 Å². The summed E-state index contributed by atoms with van der Waals surface area (Å²) in [5.41, 5.74) is 0.756. The summed E-state index contributed by atoms with van der Waals surface area (Å²) in [4.78, 5) is 27.6. The fourth-order valence-corrected chi connectivity index (χ4v) is 4.35. The van der Waals surface area contributed by atoms with Gasteiger partial charge in [0.05, 0.1) is 24.1 Å². The number of sulfonamides is 1. The zero-order chi connectivity index (χ0) is 26.3. The summed E-state index contributed by atoms with van der Waals surface area (Å²) < 4.78 is 44.6. The third kappa shape index (κ3) is 7.83. The van der Waals surface area contributed by atoms with Crippen molar-refractivity contribution in [2.75, 3.05) is 24.2 Å². The normalized spacial score (nSPS) is 13.0. The molecule has 0 unspecified atom stereocenters. The van der Waals surface area contributed by atoms with Gasteiger partial charge in [0.1, 0.15) is 24.2 Å². The lowest BCUT2D eigenvalue weighted by molar-refractivity contribution is -0.139. The minimum absolute atomic E-state index is 0.0187. The van der Waals surface area contributed by atoms with E-state index in [9.17, 15) is 22.4 Å². The largest absolute Gasteiger partial charge is 0.495 e. The van der Waals surface area contributed by atoms with Crippen LogP contribution >= 0.6 is 11.6 Å². The van der Waals surface area contributed by atoms with Gasteiger partial charge in [0.25, 0.3) is 0 Å². The van der Waals surface area contributed by atoms with Gasteiger partial charge in [-0.3, -0.25) is 13.9 Å². The first kappa shape index (κ1) is 28.4. The number of ether oxygens (including phenoxy) is 1. The summed E-state index contributed by atoms with van der Waals surface area (Å²) in [6, 6.07) is 8.86. The number of amides is 2. The summed E-state index contributed by atoms with van der Waals surface area (Å²) in [7, 11) is -2.47. The smallest absolute Gasteiger partial charge is 0.244 e. The molecule has 8 nitrogen and oxygen atoms in total. The van der Waals surface area contributed by atoms with Gasteiger partial charge in [0.15, 0.2) is 0 Å². The van der Waals surface area contributed by atoms with Crippen molar-refractivity contribution in [3.8, 4) is 5.75 Å². The van der Waals surface area contributed by atoms with Crippen LogP contribution in [0.3, 0.4) is 0 Å². The molecule has 0 aliphatic rings. The Hall–Kier alpha value is -2.85. The summed E-state index contributed by atoms with van der Waals surface area (Å²) in [5, 5.41) is 3.02. The predicted molar refractivity (Wildman–Crippen MR) is 135 cm³/mol. The van der Waals surface area contributed by atoms with Gasteiger partial charge in [-0.15, -0.1) is 0 Å². The molecule has 11 heteroatoms. The highest BCUT2D eigenvalue weighted by molar-refractivity contribution is 7.92. The molecule has 192 valence electrons. The quantitative estimate of drug-likeness (QED) is 0.482. The van der Waals surface area contributed by atoms with Crippen LogP contribution in [-0.4, -0.2) is 57.1 Å². The number of benzene rings is 2. The number of carbonyl (C=O) groups is 2. The molecule has 0 saturated heterocycles. The van der Waals surface area contributed by atoms with Gasteiger partial charge in [0, 0.05) is 12.6 Å². The molecule has 0 radical (unpaired) electrons. The molecule has 0 aliphatic heterocycles. The fourth-order valence-electron chi connectivity index (χ4n) is 3.26. The molecule has 0 bridgehead atoms. The molecule has 1 N–H and O–H groups in total. The summed E-state index contributed by atoms with van der Waals surface area (Å²) in [6.45, 7) is 4.74. The number of carbonyl (C=O) groups excluding carboxylic acids is 2. The Morgan fingerprint density at radius 3 is 2.29 bits per heavy atom. The van der Waals surface area contributed by atoms with Crippen LogP contribution in [0.25, 0.3) is 0 Å². The second-order valence-electron chi connectivity index (χ2n) is 8.23. The molecule has 2 atom stereocenters. The maximum atomic E-state index is 13.5. The maximum Gasteiger partial charge on any atom is 0.244 e. The highest BCUT2D eigenvalue weighted by Gasteiger charge is 2.30. The van der Waals surface area contributed by atoms with Crippen LogP contribution in [0.5, 0.6) is 5.75 Å². The number of anilines is 1. The second kappa shape index (κ2) is 12.2. The van der Waals surface area contributed by atoms with Gasteiger partial charge in [-0.1, -0.05) is 30.7 Å². The summed E-state index contributed by atoms with van der Waals surface area (Å²) >= 11 is 6.17. The molecule has 2 aromatic carbocycles. The van der Waals surface area contributed by atoms with Crippen LogP contribution in [0.2, 0.25) is 5.02 Å². The molecular weight excluding hydrogens is 497 g/mol. The number of methoxy groups -OCH3 is 1. The molecular formula is C24H31ClFN3O5S. The van der Waals surface area contributed by atoms with E-state index < -0.39 is 34.3 Å². The Labute approximate surface area is 211 Å². The predicted octanol–water partition coefficient (Wildman–Crippen LogP) is 3.59. The molecule has 0 saturated carbocycles. The molecule has 0 aliphatic carbocycles. The zero-order valence-corrected chi connectivity index (χ0v) is 22.0. The molecule has 0 aromatic heterocycles. The van der Waals surface area contributed by atoms with Gasteiger partial charge in [-0.2, -0.15) is 0 Å². The lowest BCUT2D eigenvalue weighted by atomic mass is 10.1. The van der Waals surface area contributed by atoms with E-state index >= 15 is 0 Å². The van der Waals surface area contributed by atoms with Crippen molar-refractivity contribution < 1.29 is 27.1 Å². The van der Waals surface area contributed by atoms with Crippen molar-refractivity contribution in [2.24, 2.45) is 0 Å². The van der Waals surface area contributed by atoms with Gasteiger partial charge in [-0.25, -0.2) is 12.8 Å². The average Bonchev–Trinajstić information content (AvgIpc) is 2.80. The Kier molecular flexibility index (Phi) is 9.91. The molecule has 0 fully saturated rings. The van der Waals surface area contributed by atoms with Crippen molar-refractivity contribution >= 4 is 39.1 Å². The Balaban J connectivity index is 2.40. The van der Waals surface area contributed by atoms with Crippen LogP contribution in [0.1, 0.15) is 32.8 Å². The number of nitrogens with zero attached hydrogens (tertiary/aromatic N) is 2. The lowest BCUT2D eigenvalue weighted by Crippen LogP contribution is -2.52. The molecule has 35 heavy (non-hydrogen) atoms. The van der Waals surface area contributed by atoms with E-state index in [0.29, 0.717) is 17.7 Å². The van der Waals surface area contributed by atoms with Crippen LogP contribution < -0.4 is 14.4 Å². The third-order valence-corrected chi connectivity index (χ3v) is 6.97. The highest BCUT2D eigenvalue weighted by atomic mass is 35.5. The maximum absolute atomic E-state index is 13.5. The summed E-state index contributed by atoms with van der Waals surface area (Å²) in [5.74, 6) is -1.08. The number of nitrogens with one attached hydrogen (secondary N) is 1. The Morgan fingerprint density at radius 1 is 1.14 bits per heavy atom. The number of rotatable bonds is 11. The van der Waals surface area contributed by atoms with E-state index in [1.54, 1.807) is 6.92 Å². The Morgan fingerprint density at radius 2 is 1.77 bits per heavy atom. The monoisotopic (exact) mass is 527 g/mol. The lowest BCUT2D eigenvalue weighted by Gasteiger charge is -2.32. The van der Waals surface area contributed by atoms with Crippen molar-refractivity contribution in [3.63, 3.8) is 0 Å². The third-order valence-electron chi connectivity index (χ3n) is 5.54. The van der Waals surface area contributed by atoms with Crippen LogP contribution in [-0.2, 0) is 26.2 Å². The number of hydrogen-bond donors (Lipinski definition) is 1. The van der Waals surface area contributed by atoms with Gasteiger partial charge in [0.2, 0.25) is 21.8 Å². The molecule has 0 spiro atoms. The minimum atomic E-state index is -3.89. The van der Waals surface area contributed by atoms with Crippen LogP contribution in [0.15, 0.2) is 42.5 Å². The first-order chi connectivity index (χ1) is 16.4. The van der Waals surface area contributed by atoms with Crippen molar-refractivity contribution in [2.45, 2.75) is 45.8 Å². The standard InChI is InChI=1S/C24H31ClFN3O5S/c1-6-16(2)27-24(31)17(3)28(14-18-7-9-19(26)10-8-18)23(30)15-29(35(5,32)33)20-11-12-22(34-4)21(25)13-20/h7-13,16-17H,6,14-15H2,1-5H3,(H,27,31)/t16-,17-/m1/s1. The first-order valence-corrected chi connectivity index (χ1v) is 13.3. The zero-order valence-electron chi connectivity index (χ0n) is 20.4. The average molecular weight is 528 g/mol.